The molecule has 6 nitrogen and oxygen atoms in total. The molecule has 0 radical (unpaired) electrons. The van der Waals surface area contributed by atoms with Gasteiger partial charge in [-0.3, -0.25) is 4.31 Å². The number of aromatic nitrogens is 1. The average Bonchev–Trinajstić information content (AvgIpc) is 2.75. The number of sulfonamides is 1. The number of hydrogen-bond donors (Lipinski definition) is 2. The third-order valence-electron chi connectivity index (χ3n) is 4.55. The van der Waals surface area contributed by atoms with Crippen molar-refractivity contribution in [3.8, 4) is 0 Å². The van der Waals surface area contributed by atoms with Gasteiger partial charge in [-0.25, -0.2) is 13.4 Å². The SMILES string of the molecule is CCN(c1ccccc1)S(=O)(=O)c1ccc(NC(CO)Cc2ccccc2)nc1. The molecule has 2 aromatic carbocycles. The number of para-hydroxylation sites is 1. The summed E-state index contributed by atoms with van der Waals surface area (Å²) in [5.74, 6) is 0.515. The zero-order valence-corrected chi connectivity index (χ0v) is 17.1. The van der Waals surface area contributed by atoms with Crippen LogP contribution in [0.15, 0.2) is 83.9 Å². The van der Waals surface area contributed by atoms with Crippen molar-refractivity contribution in [1.29, 1.82) is 0 Å². The van der Waals surface area contributed by atoms with Gasteiger partial charge in [-0.05, 0) is 43.2 Å². The van der Waals surface area contributed by atoms with Gasteiger partial charge in [0.15, 0.2) is 0 Å². The van der Waals surface area contributed by atoms with E-state index in [9.17, 15) is 13.5 Å². The number of aliphatic hydroxyl groups is 1. The Morgan fingerprint density at radius 2 is 1.66 bits per heavy atom. The van der Waals surface area contributed by atoms with Gasteiger partial charge < -0.3 is 10.4 Å². The number of nitrogens with one attached hydrogen (secondary N) is 1. The standard InChI is InChI=1S/C22H25N3O3S/c1-2-25(20-11-7-4-8-12-20)29(27,28)21-13-14-22(23-16-21)24-19(17-26)15-18-9-5-3-6-10-18/h3-14,16,19,26H,2,15,17H2,1H3,(H,23,24). The normalized spacial score (nSPS) is 12.3. The molecule has 0 fully saturated rings. The van der Waals surface area contributed by atoms with Gasteiger partial charge in [-0.1, -0.05) is 48.5 Å². The van der Waals surface area contributed by atoms with Gasteiger partial charge in [-0.15, -0.1) is 0 Å². The molecule has 29 heavy (non-hydrogen) atoms. The molecule has 0 saturated heterocycles. The van der Waals surface area contributed by atoms with Crippen molar-refractivity contribution in [2.45, 2.75) is 24.3 Å². The quantitative estimate of drug-likeness (QED) is 0.564. The van der Waals surface area contributed by atoms with Gasteiger partial charge in [0.05, 0.1) is 18.3 Å². The molecule has 0 aliphatic heterocycles. The van der Waals surface area contributed by atoms with Gasteiger partial charge in [0.1, 0.15) is 10.7 Å². The van der Waals surface area contributed by atoms with Crippen LogP contribution in [0.1, 0.15) is 12.5 Å². The van der Waals surface area contributed by atoms with E-state index in [0.29, 0.717) is 24.5 Å². The Bertz CT molecular complexity index is 994. The van der Waals surface area contributed by atoms with Crippen LogP contribution in [0, 0.1) is 0 Å². The molecular weight excluding hydrogens is 386 g/mol. The number of aliphatic hydroxyl groups excluding tert-OH is 1. The summed E-state index contributed by atoms with van der Waals surface area (Å²) in [6.07, 6.45) is 1.98. The lowest BCUT2D eigenvalue weighted by Gasteiger charge is -2.23. The Hall–Kier alpha value is -2.90. The predicted molar refractivity (Wildman–Crippen MR) is 116 cm³/mol. The summed E-state index contributed by atoms with van der Waals surface area (Å²) in [6.45, 7) is 2.05. The van der Waals surface area contributed by atoms with Gasteiger partial charge in [-0.2, -0.15) is 0 Å². The highest BCUT2D eigenvalue weighted by Crippen LogP contribution is 2.23. The van der Waals surface area contributed by atoms with Gasteiger partial charge in [0.25, 0.3) is 10.0 Å². The second kappa shape index (κ2) is 9.54. The molecule has 0 saturated carbocycles. The Balaban J connectivity index is 1.74. The van der Waals surface area contributed by atoms with E-state index in [1.165, 1.54) is 16.6 Å². The fraction of sp³-hybridized carbons (Fsp3) is 0.227. The van der Waals surface area contributed by atoms with Gasteiger partial charge in [0, 0.05) is 12.7 Å². The van der Waals surface area contributed by atoms with Crippen molar-refractivity contribution in [3.63, 3.8) is 0 Å². The Kier molecular flexibility index (Phi) is 6.85. The van der Waals surface area contributed by atoms with Gasteiger partial charge >= 0.3 is 0 Å². The lowest BCUT2D eigenvalue weighted by atomic mass is 10.1. The van der Waals surface area contributed by atoms with Crippen LogP contribution >= 0.6 is 0 Å². The minimum atomic E-state index is -3.71. The first kappa shape index (κ1) is 20.8. The highest BCUT2D eigenvalue weighted by molar-refractivity contribution is 7.92. The molecule has 3 aromatic rings. The van der Waals surface area contributed by atoms with Crippen LogP contribution in [0.2, 0.25) is 0 Å². The fourth-order valence-corrected chi connectivity index (χ4v) is 4.52. The third kappa shape index (κ3) is 5.13. The van der Waals surface area contributed by atoms with Crippen LogP contribution in [0.5, 0.6) is 0 Å². The Labute approximate surface area is 171 Å². The summed E-state index contributed by atoms with van der Waals surface area (Å²) in [4.78, 5) is 4.38. The van der Waals surface area contributed by atoms with Gasteiger partial charge in [0.2, 0.25) is 0 Å². The number of benzene rings is 2. The number of rotatable bonds is 9. The molecule has 0 aliphatic rings. The molecule has 2 N–H and O–H groups in total. The maximum absolute atomic E-state index is 13.0. The molecule has 7 heteroatoms. The number of pyridine rings is 1. The Morgan fingerprint density at radius 3 is 2.21 bits per heavy atom. The summed E-state index contributed by atoms with van der Waals surface area (Å²) >= 11 is 0. The van der Waals surface area contributed by atoms with E-state index in [1.807, 2.05) is 36.4 Å². The van der Waals surface area contributed by atoms with E-state index < -0.39 is 10.0 Å². The van der Waals surface area contributed by atoms with Crippen molar-refractivity contribution in [1.82, 2.24) is 4.98 Å². The summed E-state index contributed by atoms with van der Waals surface area (Å²) in [6, 6.07) is 21.8. The maximum Gasteiger partial charge on any atom is 0.265 e. The molecule has 1 aromatic heterocycles. The summed E-state index contributed by atoms with van der Waals surface area (Å²) in [5.41, 5.74) is 1.71. The van der Waals surface area contributed by atoms with Crippen molar-refractivity contribution in [2.75, 3.05) is 22.8 Å². The molecule has 0 amide bonds. The Morgan fingerprint density at radius 1 is 1.00 bits per heavy atom. The molecule has 0 spiro atoms. The lowest BCUT2D eigenvalue weighted by molar-refractivity contribution is 0.273. The van der Waals surface area contributed by atoms with Crippen LogP contribution < -0.4 is 9.62 Å². The highest BCUT2D eigenvalue weighted by Gasteiger charge is 2.24. The van der Waals surface area contributed by atoms with Crippen LogP contribution in [0.25, 0.3) is 0 Å². The van der Waals surface area contributed by atoms with E-state index in [2.05, 4.69) is 10.3 Å². The molecule has 152 valence electrons. The van der Waals surface area contributed by atoms with Crippen LogP contribution in [-0.2, 0) is 16.4 Å². The molecule has 0 bridgehead atoms. The minimum absolute atomic E-state index is 0.0613. The zero-order valence-electron chi connectivity index (χ0n) is 16.3. The summed E-state index contributed by atoms with van der Waals surface area (Å²) in [5, 5.41) is 12.8. The van der Waals surface area contributed by atoms with E-state index in [-0.39, 0.29) is 17.5 Å². The second-order valence-electron chi connectivity index (χ2n) is 6.60. The first-order valence-electron chi connectivity index (χ1n) is 9.49. The monoisotopic (exact) mass is 411 g/mol. The lowest BCUT2D eigenvalue weighted by Crippen LogP contribution is -2.31. The van der Waals surface area contributed by atoms with Crippen LogP contribution in [0.4, 0.5) is 11.5 Å². The molecule has 1 unspecified atom stereocenters. The third-order valence-corrected chi connectivity index (χ3v) is 6.44. The topological polar surface area (TPSA) is 82.5 Å². The average molecular weight is 412 g/mol. The number of nitrogens with zero attached hydrogens (tertiary/aromatic N) is 2. The van der Waals surface area contributed by atoms with E-state index in [1.54, 1.807) is 37.3 Å². The maximum atomic E-state index is 13.0. The van der Waals surface area contributed by atoms with Crippen molar-refractivity contribution >= 4 is 21.5 Å². The molecule has 3 rings (SSSR count). The first-order chi connectivity index (χ1) is 14.0. The molecule has 1 atom stereocenters. The fourth-order valence-electron chi connectivity index (χ4n) is 3.10. The number of hydrogen-bond acceptors (Lipinski definition) is 5. The number of anilines is 2. The molecule has 0 aliphatic carbocycles. The van der Waals surface area contributed by atoms with Crippen LogP contribution in [0.3, 0.4) is 0 Å². The zero-order chi connectivity index (χ0) is 20.7. The van der Waals surface area contributed by atoms with Crippen molar-refractivity contribution < 1.29 is 13.5 Å². The highest BCUT2D eigenvalue weighted by atomic mass is 32.2. The van der Waals surface area contributed by atoms with E-state index in [0.717, 1.165) is 5.56 Å². The van der Waals surface area contributed by atoms with E-state index >= 15 is 0 Å². The van der Waals surface area contributed by atoms with E-state index in [4.69, 9.17) is 0 Å². The summed E-state index contributed by atoms with van der Waals surface area (Å²) in [7, 11) is -3.71. The largest absolute Gasteiger partial charge is 0.394 e. The molecular formula is C22H25N3O3S. The van der Waals surface area contributed by atoms with Crippen LogP contribution in [-0.4, -0.2) is 37.7 Å². The smallest absolute Gasteiger partial charge is 0.265 e. The molecule has 1 heterocycles. The second-order valence-corrected chi connectivity index (χ2v) is 8.46. The minimum Gasteiger partial charge on any atom is -0.394 e. The van der Waals surface area contributed by atoms with Crippen molar-refractivity contribution in [2.24, 2.45) is 0 Å². The predicted octanol–water partition coefficient (Wildman–Crippen LogP) is 3.31. The summed E-state index contributed by atoms with van der Waals surface area (Å²) < 4.78 is 27.4. The first-order valence-corrected chi connectivity index (χ1v) is 10.9. The van der Waals surface area contributed by atoms with Crippen molar-refractivity contribution in [3.05, 3.63) is 84.6 Å².